The van der Waals surface area contributed by atoms with Crippen molar-refractivity contribution in [3.05, 3.63) is 22.4 Å². The highest BCUT2D eigenvalue weighted by Crippen LogP contribution is 2.38. The Balaban J connectivity index is 1.97. The van der Waals surface area contributed by atoms with E-state index in [4.69, 9.17) is 0 Å². The van der Waals surface area contributed by atoms with Crippen molar-refractivity contribution in [2.45, 2.75) is 25.2 Å². The van der Waals surface area contributed by atoms with Gasteiger partial charge in [-0.25, -0.2) is 8.78 Å². The van der Waals surface area contributed by atoms with Crippen LogP contribution in [0, 0.1) is 5.92 Å². The first-order chi connectivity index (χ1) is 7.18. The van der Waals surface area contributed by atoms with E-state index in [2.05, 4.69) is 5.32 Å². The molecule has 0 saturated carbocycles. The van der Waals surface area contributed by atoms with E-state index in [9.17, 15) is 8.78 Å². The number of nitrogens with one attached hydrogen (secondary N) is 1. The molecular formula is C11H15F2NS. The number of halogens is 2. The third kappa shape index (κ3) is 2.75. The molecule has 1 fully saturated rings. The third-order valence-electron chi connectivity index (χ3n) is 2.83. The molecule has 15 heavy (non-hydrogen) atoms. The Morgan fingerprint density at radius 2 is 2.40 bits per heavy atom. The maximum absolute atomic E-state index is 13.8. The summed E-state index contributed by atoms with van der Waals surface area (Å²) in [6.07, 6.45) is 1.93. The highest BCUT2D eigenvalue weighted by Gasteiger charge is 2.35. The molecule has 2 rings (SSSR count). The van der Waals surface area contributed by atoms with Gasteiger partial charge in [0.1, 0.15) is 0 Å². The average molecular weight is 231 g/mol. The van der Waals surface area contributed by atoms with E-state index in [-0.39, 0.29) is 17.2 Å². The molecule has 4 heteroatoms. The van der Waals surface area contributed by atoms with E-state index >= 15 is 0 Å². The van der Waals surface area contributed by atoms with Gasteiger partial charge in [0, 0.05) is 6.42 Å². The molecule has 0 bridgehead atoms. The number of hydrogen-bond acceptors (Lipinski definition) is 2. The highest BCUT2D eigenvalue weighted by atomic mass is 32.1. The second-order valence-corrected chi connectivity index (χ2v) is 5.05. The lowest BCUT2D eigenvalue weighted by Crippen LogP contribution is -2.32. The lowest BCUT2D eigenvalue weighted by atomic mass is 9.92. The standard InChI is InChI=1S/C11H15F2NS/c12-11(13,10-4-2-6-15-10)7-9-3-1-5-14-8-9/h2,4,6,9,14H,1,3,5,7-8H2. The van der Waals surface area contributed by atoms with E-state index in [1.54, 1.807) is 11.4 Å². The van der Waals surface area contributed by atoms with Crippen LogP contribution in [0.25, 0.3) is 0 Å². The summed E-state index contributed by atoms with van der Waals surface area (Å²) in [7, 11) is 0. The minimum Gasteiger partial charge on any atom is -0.316 e. The van der Waals surface area contributed by atoms with Crippen molar-refractivity contribution in [3.8, 4) is 0 Å². The lowest BCUT2D eigenvalue weighted by molar-refractivity contribution is -0.0282. The monoisotopic (exact) mass is 231 g/mol. The van der Waals surface area contributed by atoms with Gasteiger partial charge >= 0.3 is 0 Å². The van der Waals surface area contributed by atoms with E-state index in [1.807, 2.05) is 0 Å². The van der Waals surface area contributed by atoms with Gasteiger partial charge in [0.15, 0.2) is 0 Å². The minimum absolute atomic E-state index is 0.0134. The molecule has 0 aromatic carbocycles. The summed E-state index contributed by atoms with van der Waals surface area (Å²) in [6.45, 7) is 1.71. The Morgan fingerprint density at radius 3 is 3.00 bits per heavy atom. The molecule has 1 nitrogen and oxygen atoms in total. The normalized spacial score (nSPS) is 22.9. The van der Waals surface area contributed by atoms with Crippen molar-refractivity contribution in [1.82, 2.24) is 5.32 Å². The van der Waals surface area contributed by atoms with Gasteiger partial charge in [-0.15, -0.1) is 11.3 Å². The Bertz CT molecular complexity index is 292. The van der Waals surface area contributed by atoms with Crippen LogP contribution in [0.15, 0.2) is 17.5 Å². The van der Waals surface area contributed by atoms with Crippen molar-refractivity contribution >= 4 is 11.3 Å². The predicted molar refractivity (Wildman–Crippen MR) is 58.4 cm³/mol. The average Bonchev–Trinajstić information content (AvgIpc) is 2.71. The van der Waals surface area contributed by atoms with Crippen molar-refractivity contribution in [1.29, 1.82) is 0 Å². The molecule has 1 aromatic rings. The molecule has 1 aromatic heterocycles. The molecule has 1 aliphatic heterocycles. The van der Waals surface area contributed by atoms with Gasteiger partial charge in [0.25, 0.3) is 5.92 Å². The summed E-state index contributed by atoms with van der Waals surface area (Å²) in [4.78, 5) is 0.202. The molecule has 1 unspecified atom stereocenters. The van der Waals surface area contributed by atoms with Crippen LogP contribution in [-0.2, 0) is 5.92 Å². The number of piperidine rings is 1. The topological polar surface area (TPSA) is 12.0 Å². The van der Waals surface area contributed by atoms with Crippen molar-refractivity contribution < 1.29 is 8.78 Å². The zero-order valence-electron chi connectivity index (χ0n) is 8.51. The van der Waals surface area contributed by atoms with Crippen LogP contribution in [0.2, 0.25) is 0 Å². The maximum atomic E-state index is 13.8. The molecule has 0 aliphatic carbocycles. The van der Waals surface area contributed by atoms with Crippen LogP contribution < -0.4 is 5.32 Å². The molecule has 0 radical (unpaired) electrons. The predicted octanol–water partition coefficient (Wildman–Crippen LogP) is 3.23. The van der Waals surface area contributed by atoms with Crippen LogP contribution in [0.1, 0.15) is 24.1 Å². The molecule has 2 heterocycles. The summed E-state index contributed by atoms with van der Waals surface area (Å²) in [5.41, 5.74) is 0. The fourth-order valence-corrected chi connectivity index (χ4v) is 2.76. The molecule has 0 spiro atoms. The zero-order chi connectivity index (χ0) is 10.7. The Morgan fingerprint density at radius 1 is 1.53 bits per heavy atom. The minimum atomic E-state index is -2.64. The maximum Gasteiger partial charge on any atom is 0.282 e. The summed E-state index contributed by atoms with van der Waals surface area (Å²) in [5.74, 6) is -2.52. The zero-order valence-corrected chi connectivity index (χ0v) is 9.33. The first-order valence-corrected chi connectivity index (χ1v) is 6.19. The van der Waals surface area contributed by atoms with Gasteiger partial charge in [-0.1, -0.05) is 6.07 Å². The number of rotatable bonds is 3. The van der Waals surface area contributed by atoms with Gasteiger partial charge in [0.2, 0.25) is 0 Å². The largest absolute Gasteiger partial charge is 0.316 e. The van der Waals surface area contributed by atoms with Gasteiger partial charge in [0.05, 0.1) is 4.88 Å². The van der Waals surface area contributed by atoms with Crippen molar-refractivity contribution in [2.75, 3.05) is 13.1 Å². The van der Waals surface area contributed by atoms with E-state index in [0.717, 1.165) is 37.3 Å². The van der Waals surface area contributed by atoms with Crippen molar-refractivity contribution in [3.63, 3.8) is 0 Å². The van der Waals surface area contributed by atoms with Crippen LogP contribution in [-0.4, -0.2) is 13.1 Å². The summed E-state index contributed by atoms with van der Waals surface area (Å²) >= 11 is 1.15. The number of hydrogen-bond donors (Lipinski definition) is 1. The Kier molecular flexibility index (Phi) is 3.36. The molecule has 84 valence electrons. The summed E-state index contributed by atoms with van der Waals surface area (Å²) in [5, 5.41) is 4.88. The molecule has 0 amide bonds. The second-order valence-electron chi connectivity index (χ2n) is 4.10. The van der Waals surface area contributed by atoms with Gasteiger partial charge in [-0.2, -0.15) is 0 Å². The van der Waals surface area contributed by atoms with Gasteiger partial charge in [-0.3, -0.25) is 0 Å². The SMILES string of the molecule is FC(F)(CC1CCCNC1)c1cccs1. The highest BCUT2D eigenvalue weighted by molar-refractivity contribution is 7.10. The quantitative estimate of drug-likeness (QED) is 0.842. The molecule has 1 aliphatic rings. The third-order valence-corrected chi connectivity index (χ3v) is 3.81. The van der Waals surface area contributed by atoms with E-state index in [1.165, 1.54) is 6.07 Å². The summed E-state index contributed by atoms with van der Waals surface area (Å²) in [6, 6.07) is 3.22. The van der Waals surface area contributed by atoms with E-state index < -0.39 is 5.92 Å². The van der Waals surface area contributed by atoms with Crippen molar-refractivity contribution in [2.24, 2.45) is 5.92 Å². The first kappa shape index (κ1) is 11.0. The lowest BCUT2D eigenvalue weighted by Gasteiger charge is -2.26. The molecule has 1 N–H and O–H groups in total. The summed E-state index contributed by atoms with van der Waals surface area (Å²) < 4.78 is 27.5. The first-order valence-electron chi connectivity index (χ1n) is 5.31. The smallest absolute Gasteiger partial charge is 0.282 e. The fraction of sp³-hybridized carbons (Fsp3) is 0.636. The Labute approximate surface area is 92.5 Å². The fourth-order valence-electron chi connectivity index (χ4n) is 2.05. The van der Waals surface area contributed by atoms with Crippen LogP contribution >= 0.6 is 11.3 Å². The molecule has 1 atom stereocenters. The number of alkyl halides is 2. The van der Waals surface area contributed by atoms with Gasteiger partial charge < -0.3 is 5.32 Å². The molecular weight excluding hydrogens is 216 g/mol. The molecule has 1 saturated heterocycles. The van der Waals surface area contributed by atoms with Crippen LogP contribution in [0.5, 0.6) is 0 Å². The van der Waals surface area contributed by atoms with E-state index in [0.29, 0.717) is 0 Å². The van der Waals surface area contributed by atoms with Crippen LogP contribution in [0.3, 0.4) is 0 Å². The van der Waals surface area contributed by atoms with Gasteiger partial charge in [-0.05, 0) is 43.3 Å². The Hall–Kier alpha value is -0.480. The second kappa shape index (κ2) is 4.58. The number of thiophene rings is 1. The van der Waals surface area contributed by atoms with Crippen LogP contribution in [0.4, 0.5) is 8.78 Å².